The van der Waals surface area contributed by atoms with E-state index in [1.54, 1.807) is 24.3 Å². The van der Waals surface area contributed by atoms with Crippen molar-refractivity contribution in [3.8, 4) is 5.75 Å². The molecule has 0 saturated carbocycles. The number of benzene rings is 1. The van der Waals surface area contributed by atoms with E-state index in [4.69, 9.17) is 21.3 Å². The van der Waals surface area contributed by atoms with Gasteiger partial charge in [0.15, 0.2) is 5.13 Å². The third-order valence-electron chi connectivity index (χ3n) is 6.01. The van der Waals surface area contributed by atoms with Gasteiger partial charge in [0.2, 0.25) is 5.91 Å². The lowest BCUT2D eigenvalue weighted by Gasteiger charge is -2.33. The van der Waals surface area contributed by atoms with Gasteiger partial charge in [0.05, 0.1) is 34.3 Å². The minimum absolute atomic E-state index is 0.101. The largest absolute Gasteiger partial charge is 0.494 e. The normalized spacial score (nSPS) is 16.8. The van der Waals surface area contributed by atoms with Crippen molar-refractivity contribution in [1.82, 2.24) is 14.3 Å². The summed E-state index contributed by atoms with van der Waals surface area (Å²) in [7, 11) is -2.15. The lowest BCUT2D eigenvalue weighted by atomic mass is 9.98. The van der Waals surface area contributed by atoms with Gasteiger partial charge < -0.3 is 4.74 Å². The fraction of sp³-hybridized carbons (Fsp3) is 0.292. The molecular formula is C24H23ClN4O4S3. The Morgan fingerprint density at radius 1 is 1.19 bits per heavy atom. The molecule has 1 atom stereocenters. The number of sulfonamides is 1. The van der Waals surface area contributed by atoms with Gasteiger partial charge in [0, 0.05) is 19.3 Å². The van der Waals surface area contributed by atoms with Crippen LogP contribution in [0.3, 0.4) is 0 Å². The number of thiophene rings is 1. The highest BCUT2D eigenvalue weighted by Crippen LogP contribution is 2.36. The molecule has 188 valence electrons. The molecule has 0 bridgehead atoms. The molecule has 1 aliphatic rings. The number of anilines is 1. The molecule has 4 heterocycles. The molecule has 0 radical (unpaired) electrons. The summed E-state index contributed by atoms with van der Waals surface area (Å²) in [5.74, 6) is -0.0610. The Hall–Kier alpha value is -2.57. The molecule has 8 nitrogen and oxygen atoms in total. The first kappa shape index (κ1) is 25.1. The number of thiazole rings is 1. The smallest absolute Gasteiger partial charge is 0.252 e. The van der Waals surface area contributed by atoms with Crippen molar-refractivity contribution in [3.05, 3.63) is 64.8 Å². The number of amides is 1. The summed E-state index contributed by atoms with van der Waals surface area (Å²) in [4.78, 5) is 24.7. The Kier molecular flexibility index (Phi) is 7.27. The summed E-state index contributed by atoms with van der Waals surface area (Å²) in [5, 5.41) is 0.523. The van der Waals surface area contributed by atoms with Crippen LogP contribution in [0.1, 0.15) is 18.5 Å². The van der Waals surface area contributed by atoms with E-state index in [0.717, 1.165) is 16.0 Å². The molecule has 0 spiro atoms. The van der Waals surface area contributed by atoms with Gasteiger partial charge in [-0.25, -0.2) is 13.4 Å². The van der Waals surface area contributed by atoms with Crippen molar-refractivity contribution in [2.45, 2.75) is 23.6 Å². The van der Waals surface area contributed by atoms with Crippen LogP contribution in [0.2, 0.25) is 4.34 Å². The molecule has 1 unspecified atom stereocenters. The van der Waals surface area contributed by atoms with Crippen molar-refractivity contribution in [2.24, 2.45) is 5.92 Å². The van der Waals surface area contributed by atoms with Gasteiger partial charge in [-0.05, 0) is 49.2 Å². The van der Waals surface area contributed by atoms with Crippen LogP contribution in [0, 0.1) is 5.92 Å². The zero-order chi connectivity index (χ0) is 25.3. The standard InChI is InChI=1S/C24H23ClN4O4S3/c1-33-18-8-4-9-19-22(18)27-24(34-19)29(15-17-7-2-3-12-26-17)23(30)16-6-5-13-28(14-16)36(31,32)21-11-10-20(25)35-21/h2-4,7-12,16H,5-6,13-15H2,1H3. The van der Waals surface area contributed by atoms with Crippen LogP contribution < -0.4 is 9.64 Å². The van der Waals surface area contributed by atoms with Gasteiger partial charge in [-0.2, -0.15) is 4.31 Å². The van der Waals surface area contributed by atoms with E-state index in [-0.39, 0.29) is 23.2 Å². The quantitative estimate of drug-likeness (QED) is 0.313. The van der Waals surface area contributed by atoms with E-state index in [9.17, 15) is 13.2 Å². The molecule has 1 amide bonds. The minimum Gasteiger partial charge on any atom is -0.494 e. The molecule has 4 aromatic rings. The number of piperidine rings is 1. The Balaban J connectivity index is 1.47. The molecule has 1 aliphatic heterocycles. The van der Waals surface area contributed by atoms with Crippen LogP contribution in [0.5, 0.6) is 5.75 Å². The van der Waals surface area contributed by atoms with Crippen LogP contribution in [0.4, 0.5) is 5.13 Å². The minimum atomic E-state index is -3.73. The maximum absolute atomic E-state index is 13.9. The zero-order valence-electron chi connectivity index (χ0n) is 19.3. The highest BCUT2D eigenvalue weighted by atomic mass is 35.5. The van der Waals surface area contributed by atoms with Crippen LogP contribution in [0.15, 0.2) is 58.9 Å². The second-order valence-electron chi connectivity index (χ2n) is 8.31. The maximum atomic E-state index is 13.9. The van der Waals surface area contributed by atoms with Crippen molar-refractivity contribution >= 4 is 65.6 Å². The Labute approximate surface area is 222 Å². The third kappa shape index (κ3) is 4.98. The number of rotatable bonds is 7. The number of hydrogen-bond acceptors (Lipinski definition) is 8. The SMILES string of the molecule is COc1cccc2sc(N(Cc3ccccn3)C(=O)C3CCCN(S(=O)(=O)c4ccc(Cl)s4)C3)nc12. The molecule has 1 saturated heterocycles. The van der Waals surface area contributed by atoms with E-state index in [2.05, 4.69) is 4.98 Å². The molecule has 3 aromatic heterocycles. The topological polar surface area (TPSA) is 92.7 Å². The summed E-state index contributed by atoms with van der Waals surface area (Å²) in [6, 6.07) is 14.3. The third-order valence-corrected chi connectivity index (χ3v) is 10.6. The summed E-state index contributed by atoms with van der Waals surface area (Å²) < 4.78 is 34.7. The second kappa shape index (κ2) is 10.4. The van der Waals surface area contributed by atoms with Crippen LogP contribution in [0.25, 0.3) is 10.2 Å². The Bertz CT molecular complexity index is 1490. The molecule has 1 fully saturated rings. The molecule has 36 heavy (non-hydrogen) atoms. The number of carbonyl (C=O) groups excluding carboxylic acids is 1. The lowest BCUT2D eigenvalue weighted by Crippen LogP contribution is -2.46. The lowest BCUT2D eigenvalue weighted by molar-refractivity contribution is -0.123. The number of pyridine rings is 1. The van der Waals surface area contributed by atoms with E-state index in [1.807, 2.05) is 36.4 Å². The fourth-order valence-electron chi connectivity index (χ4n) is 4.23. The highest BCUT2D eigenvalue weighted by Gasteiger charge is 2.37. The van der Waals surface area contributed by atoms with Gasteiger partial charge in [-0.15, -0.1) is 11.3 Å². The monoisotopic (exact) mass is 562 g/mol. The Morgan fingerprint density at radius 2 is 2.06 bits per heavy atom. The molecule has 0 N–H and O–H groups in total. The average Bonchev–Trinajstić information content (AvgIpc) is 3.54. The van der Waals surface area contributed by atoms with E-state index < -0.39 is 15.9 Å². The number of aromatic nitrogens is 2. The average molecular weight is 563 g/mol. The van der Waals surface area contributed by atoms with Crippen molar-refractivity contribution in [1.29, 1.82) is 0 Å². The first-order chi connectivity index (χ1) is 17.4. The van der Waals surface area contributed by atoms with Crippen LogP contribution in [-0.4, -0.2) is 48.8 Å². The predicted octanol–water partition coefficient (Wildman–Crippen LogP) is 5.05. The van der Waals surface area contributed by atoms with Crippen LogP contribution in [-0.2, 0) is 21.4 Å². The van der Waals surface area contributed by atoms with E-state index in [0.29, 0.717) is 45.8 Å². The summed E-state index contributed by atoms with van der Waals surface area (Å²) in [6.07, 6.45) is 2.85. The number of hydrogen-bond donors (Lipinski definition) is 0. The molecular weight excluding hydrogens is 540 g/mol. The van der Waals surface area contributed by atoms with E-state index >= 15 is 0 Å². The van der Waals surface area contributed by atoms with Crippen molar-refractivity contribution in [3.63, 3.8) is 0 Å². The number of carbonyl (C=O) groups is 1. The number of halogens is 1. The van der Waals surface area contributed by atoms with Crippen molar-refractivity contribution in [2.75, 3.05) is 25.1 Å². The second-order valence-corrected chi connectivity index (χ2v) is 13.2. The number of para-hydroxylation sites is 1. The first-order valence-corrected chi connectivity index (χ1v) is 14.7. The van der Waals surface area contributed by atoms with E-state index in [1.165, 1.54) is 21.7 Å². The molecule has 1 aromatic carbocycles. The zero-order valence-corrected chi connectivity index (χ0v) is 22.5. The van der Waals surface area contributed by atoms with Crippen molar-refractivity contribution < 1.29 is 17.9 Å². The maximum Gasteiger partial charge on any atom is 0.252 e. The highest BCUT2D eigenvalue weighted by molar-refractivity contribution is 7.91. The molecule has 5 rings (SSSR count). The van der Waals surface area contributed by atoms with Gasteiger partial charge in [0.25, 0.3) is 10.0 Å². The van der Waals surface area contributed by atoms with Gasteiger partial charge in [0.1, 0.15) is 15.5 Å². The van der Waals surface area contributed by atoms with Gasteiger partial charge in [-0.1, -0.05) is 35.1 Å². The number of methoxy groups -OCH3 is 1. The first-order valence-electron chi connectivity index (χ1n) is 11.3. The van der Waals surface area contributed by atoms with Crippen LogP contribution >= 0.6 is 34.3 Å². The molecule has 0 aliphatic carbocycles. The number of nitrogens with zero attached hydrogens (tertiary/aromatic N) is 4. The Morgan fingerprint density at radius 3 is 2.78 bits per heavy atom. The summed E-state index contributed by atoms with van der Waals surface area (Å²) >= 11 is 8.39. The van der Waals surface area contributed by atoms with Gasteiger partial charge >= 0.3 is 0 Å². The predicted molar refractivity (Wildman–Crippen MR) is 142 cm³/mol. The number of fused-ring (bicyclic) bond motifs is 1. The fourth-order valence-corrected chi connectivity index (χ4v) is 8.38. The summed E-state index contributed by atoms with van der Waals surface area (Å²) in [5.41, 5.74) is 1.40. The number of ether oxygens (including phenoxy) is 1. The summed E-state index contributed by atoms with van der Waals surface area (Å²) in [6.45, 7) is 0.690. The van der Waals surface area contributed by atoms with Gasteiger partial charge in [-0.3, -0.25) is 14.7 Å². The molecule has 12 heteroatoms.